The number of nitrogens with one attached hydrogen (secondary N) is 2. The summed E-state index contributed by atoms with van der Waals surface area (Å²) in [6.45, 7) is 6.50. The highest BCUT2D eigenvalue weighted by atomic mass is 16.3. The number of amides is 2. The summed E-state index contributed by atoms with van der Waals surface area (Å²) < 4.78 is 0. The Balaban J connectivity index is 1.39. The van der Waals surface area contributed by atoms with Gasteiger partial charge in [-0.1, -0.05) is 70.4 Å². The van der Waals surface area contributed by atoms with E-state index in [1.165, 1.54) is 19.3 Å². The SMILES string of the molecule is C[C@H]1[C@@H]2[C@@H](O)C([C@H](C)C(=O)NC3CCCCC3)CC[C@@]2(C)CC[C@@H]1NC(=O)Cc1ccccc1. The fraction of sp³-hybridized carbons (Fsp3) is 0.724. The van der Waals surface area contributed by atoms with Gasteiger partial charge in [0.1, 0.15) is 0 Å². The van der Waals surface area contributed by atoms with Crippen LogP contribution in [-0.4, -0.2) is 35.1 Å². The Morgan fingerprint density at radius 2 is 1.71 bits per heavy atom. The molecule has 0 radical (unpaired) electrons. The monoisotopic (exact) mass is 468 g/mol. The number of fused-ring (bicyclic) bond motifs is 1. The predicted octanol–water partition coefficient (Wildman–Crippen LogP) is 4.62. The maximum absolute atomic E-state index is 13.1. The fourth-order valence-electron chi connectivity index (χ4n) is 7.31. The summed E-state index contributed by atoms with van der Waals surface area (Å²) in [5.41, 5.74) is 1.08. The molecule has 5 heteroatoms. The van der Waals surface area contributed by atoms with Crippen molar-refractivity contribution < 1.29 is 14.7 Å². The van der Waals surface area contributed by atoms with Crippen molar-refractivity contribution in [3.05, 3.63) is 35.9 Å². The van der Waals surface area contributed by atoms with Gasteiger partial charge in [-0.3, -0.25) is 9.59 Å². The fourth-order valence-corrected chi connectivity index (χ4v) is 7.31. The zero-order valence-corrected chi connectivity index (χ0v) is 21.3. The molecule has 1 aromatic carbocycles. The summed E-state index contributed by atoms with van der Waals surface area (Å²) in [7, 11) is 0. The van der Waals surface area contributed by atoms with E-state index in [0.29, 0.717) is 12.5 Å². The topological polar surface area (TPSA) is 78.4 Å². The molecule has 0 spiro atoms. The van der Waals surface area contributed by atoms with E-state index in [2.05, 4.69) is 24.5 Å². The number of hydrogen-bond acceptors (Lipinski definition) is 3. The van der Waals surface area contributed by atoms with Crippen LogP contribution >= 0.6 is 0 Å². The lowest BCUT2D eigenvalue weighted by atomic mass is 9.51. The van der Waals surface area contributed by atoms with Crippen molar-refractivity contribution in [3.63, 3.8) is 0 Å². The molecule has 1 aromatic rings. The molecule has 0 heterocycles. The van der Waals surface area contributed by atoms with Crippen LogP contribution in [0.2, 0.25) is 0 Å². The molecule has 5 nitrogen and oxygen atoms in total. The molecule has 3 saturated carbocycles. The molecular formula is C29H44N2O3. The smallest absolute Gasteiger partial charge is 0.224 e. The van der Waals surface area contributed by atoms with Crippen LogP contribution in [0.1, 0.15) is 84.1 Å². The summed E-state index contributed by atoms with van der Waals surface area (Å²) in [5, 5.41) is 18.2. The van der Waals surface area contributed by atoms with Crippen molar-refractivity contribution in [1.29, 1.82) is 0 Å². The van der Waals surface area contributed by atoms with E-state index in [4.69, 9.17) is 0 Å². The third kappa shape index (κ3) is 5.50. The minimum atomic E-state index is -0.519. The van der Waals surface area contributed by atoms with Crippen molar-refractivity contribution in [2.45, 2.75) is 103 Å². The normalized spacial score (nSPS) is 35.1. The van der Waals surface area contributed by atoms with Gasteiger partial charge in [0, 0.05) is 18.0 Å². The van der Waals surface area contributed by atoms with Crippen LogP contribution in [0, 0.1) is 29.1 Å². The lowest BCUT2D eigenvalue weighted by molar-refractivity contribution is -0.144. The second kappa shape index (κ2) is 10.8. The Labute approximate surface area is 205 Å². The first-order valence-corrected chi connectivity index (χ1v) is 13.6. The Kier molecular flexibility index (Phi) is 8.01. The largest absolute Gasteiger partial charge is 0.392 e. The van der Waals surface area contributed by atoms with Crippen molar-refractivity contribution >= 4 is 11.8 Å². The van der Waals surface area contributed by atoms with E-state index in [1.54, 1.807) is 0 Å². The quantitative estimate of drug-likeness (QED) is 0.570. The first kappa shape index (κ1) is 25.2. The van der Waals surface area contributed by atoms with Crippen LogP contribution in [0.5, 0.6) is 0 Å². The van der Waals surface area contributed by atoms with Gasteiger partial charge in [-0.25, -0.2) is 0 Å². The van der Waals surface area contributed by atoms with Crippen molar-refractivity contribution in [2.75, 3.05) is 0 Å². The van der Waals surface area contributed by atoms with Crippen LogP contribution in [-0.2, 0) is 16.0 Å². The van der Waals surface area contributed by atoms with Crippen LogP contribution in [0.3, 0.4) is 0 Å². The average Bonchev–Trinajstić information content (AvgIpc) is 2.82. The molecule has 4 rings (SSSR count). The maximum Gasteiger partial charge on any atom is 0.224 e. The molecule has 34 heavy (non-hydrogen) atoms. The molecular weight excluding hydrogens is 424 g/mol. The van der Waals surface area contributed by atoms with E-state index in [0.717, 1.165) is 44.1 Å². The van der Waals surface area contributed by atoms with Gasteiger partial charge >= 0.3 is 0 Å². The molecule has 0 aliphatic heterocycles. The zero-order valence-electron chi connectivity index (χ0n) is 21.3. The summed E-state index contributed by atoms with van der Waals surface area (Å²) in [6.07, 6.45) is 9.56. The first-order valence-electron chi connectivity index (χ1n) is 13.6. The number of benzene rings is 1. The molecule has 0 saturated heterocycles. The molecule has 7 atom stereocenters. The molecule has 0 aromatic heterocycles. The second-order valence-electron chi connectivity index (χ2n) is 11.7. The Hall–Kier alpha value is -1.88. The molecule has 188 valence electrons. The van der Waals surface area contributed by atoms with Crippen LogP contribution in [0.15, 0.2) is 30.3 Å². The first-order chi connectivity index (χ1) is 16.3. The van der Waals surface area contributed by atoms with Gasteiger partial charge < -0.3 is 15.7 Å². The molecule has 3 aliphatic rings. The maximum atomic E-state index is 13.1. The summed E-state index contributed by atoms with van der Waals surface area (Å²) in [5.74, 6) is 0.200. The highest BCUT2D eigenvalue weighted by Gasteiger charge is 2.53. The van der Waals surface area contributed by atoms with Gasteiger partial charge in [-0.2, -0.15) is 0 Å². The lowest BCUT2D eigenvalue weighted by Crippen LogP contribution is -2.58. The minimum Gasteiger partial charge on any atom is -0.392 e. The number of hydrogen-bond donors (Lipinski definition) is 3. The van der Waals surface area contributed by atoms with Crippen LogP contribution in [0.25, 0.3) is 0 Å². The molecule has 2 amide bonds. The van der Waals surface area contributed by atoms with Gasteiger partial charge in [0.05, 0.1) is 12.5 Å². The number of aliphatic hydroxyl groups is 1. The second-order valence-corrected chi connectivity index (χ2v) is 11.7. The summed E-state index contributed by atoms with van der Waals surface area (Å²) >= 11 is 0. The molecule has 3 fully saturated rings. The molecule has 0 bridgehead atoms. The Bertz CT molecular complexity index is 837. The molecule has 3 aliphatic carbocycles. The predicted molar refractivity (Wildman–Crippen MR) is 135 cm³/mol. The lowest BCUT2D eigenvalue weighted by Gasteiger charge is -2.56. The highest BCUT2D eigenvalue weighted by molar-refractivity contribution is 5.79. The third-order valence-electron chi connectivity index (χ3n) is 9.45. The standard InChI is InChI=1S/C29H44N2O3/c1-19(28(34)30-22-12-8-5-9-13-22)23-14-16-29(3)17-15-24(20(2)26(29)27(23)33)31-25(32)18-21-10-6-4-7-11-21/h4,6-7,10-11,19-20,22-24,26-27,33H,5,8-9,12-18H2,1-3H3,(H,30,34)(H,31,32)/t19-,20+,23?,24-,26+,27-,29-/m0/s1. The van der Waals surface area contributed by atoms with E-state index in [1.807, 2.05) is 37.3 Å². The van der Waals surface area contributed by atoms with Crippen molar-refractivity contribution in [3.8, 4) is 0 Å². The van der Waals surface area contributed by atoms with Crippen molar-refractivity contribution in [1.82, 2.24) is 10.6 Å². The van der Waals surface area contributed by atoms with Crippen LogP contribution in [0.4, 0.5) is 0 Å². The number of carbonyl (C=O) groups is 2. The summed E-state index contributed by atoms with van der Waals surface area (Å²) in [6, 6.07) is 10.2. The summed E-state index contributed by atoms with van der Waals surface area (Å²) in [4.78, 5) is 25.9. The van der Waals surface area contributed by atoms with E-state index in [-0.39, 0.29) is 46.9 Å². The van der Waals surface area contributed by atoms with Crippen molar-refractivity contribution in [2.24, 2.45) is 29.1 Å². The van der Waals surface area contributed by atoms with Gasteiger partial charge in [-0.05, 0) is 67.3 Å². The number of rotatable bonds is 6. The average molecular weight is 469 g/mol. The minimum absolute atomic E-state index is 0.0251. The molecule has 3 N–H and O–H groups in total. The van der Waals surface area contributed by atoms with Gasteiger partial charge in [0.25, 0.3) is 0 Å². The van der Waals surface area contributed by atoms with Gasteiger partial charge in [-0.15, -0.1) is 0 Å². The van der Waals surface area contributed by atoms with E-state index in [9.17, 15) is 14.7 Å². The van der Waals surface area contributed by atoms with E-state index < -0.39 is 6.10 Å². The Morgan fingerprint density at radius 1 is 1.03 bits per heavy atom. The third-order valence-corrected chi connectivity index (χ3v) is 9.45. The number of aliphatic hydroxyl groups excluding tert-OH is 1. The zero-order chi connectivity index (χ0) is 24.3. The van der Waals surface area contributed by atoms with Gasteiger partial charge in [0.2, 0.25) is 11.8 Å². The van der Waals surface area contributed by atoms with E-state index >= 15 is 0 Å². The van der Waals surface area contributed by atoms with Gasteiger partial charge in [0.15, 0.2) is 0 Å². The highest BCUT2D eigenvalue weighted by Crippen LogP contribution is 2.55. The van der Waals surface area contributed by atoms with Crippen LogP contribution < -0.4 is 10.6 Å². The Morgan fingerprint density at radius 3 is 2.41 bits per heavy atom. The number of carbonyl (C=O) groups excluding carboxylic acids is 2. The molecule has 1 unspecified atom stereocenters.